The van der Waals surface area contributed by atoms with Crippen LogP contribution in [0.2, 0.25) is 0 Å². The largest absolute Gasteiger partial charge is 0.353 e. The zero-order chi connectivity index (χ0) is 15.0. The lowest BCUT2D eigenvalue weighted by molar-refractivity contribution is 0.387. The lowest BCUT2D eigenvalue weighted by Gasteiger charge is -2.39. The predicted octanol–water partition coefficient (Wildman–Crippen LogP) is 3.58. The number of rotatable bonds is 4. The summed E-state index contributed by atoms with van der Waals surface area (Å²) in [5.74, 6) is 2.01. The molecular weight excluding hydrogens is 258 g/mol. The van der Waals surface area contributed by atoms with Crippen LogP contribution < -0.4 is 10.2 Å². The molecule has 1 aliphatic heterocycles. The molecule has 2 fully saturated rings. The van der Waals surface area contributed by atoms with E-state index < -0.39 is 0 Å². The summed E-state index contributed by atoms with van der Waals surface area (Å²) in [6, 6.07) is 3.58. The highest BCUT2D eigenvalue weighted by Crippen LogP contribution is 2.31. The van der Waals surface area contributed by atoms with Gasteiger partial charge in [0.1, 0.15) is 5.82 Å². The van der Waals surface area contributed by atoms with Gasteiger partial charge in [0.25, 0.3) is 0 Å². The third-order valence-electron chi connectivity index (χ3n) is 4.99. The first-order chi connectivity index (χ1) is 10.0. The minimum absolute atomic E-state index is 0.606. The predicted molar refractivity (Wildman–Crippen MR) is 88.8 cm³/mol. The summed E-state index contributed by atoms with van der Waals surface area (Å²) < 4.78 is 0. The minimum Gasteiger partial charge on any atom is -0.353 e. The molecule has 116 valence electrons. The van der Waals surface area contributed by atoms with Gasteiger partial charge in [0.05, 0.1) is 0 Å². The highest BCUT2D eigenvalue weighted by Gasteiger charge is 2.27. The zero-order valence-electron chi connectivity index (χ0n) is 13.9. The highest BCUT2D eigenvalue weighted by molar-refractivity contribution is 5.52. The Kier molecular flexibility index (Phi) is 4.21. The van der Waals surface area contributed by atoms with Gasteiger partial charge >= 0.3 is 0 Å². The smallest absolute Gasteiger partial charge is 0.133 e. The van der Waals surface area contributed by atoms with Crippen LogP contribution in [-0.2, 0) is 6.54 Å². The number of aromatic nitrogens is 1. The topological polar surface area (TPSA) is 28.2 Å². The van der Waals surface area contributed by atoms with E-state index in [0.717, 1.165) is 30.7 Å². The molecule has 1 aromatic rings. The first kappa shape index (κ1) is 14.8. The maximum Gasteiger partial charge on any atom is 0.133 e. The van der Waals surface area contributed by atoms with E-state index in [1.165, 1.54) is 42.6 Å². The molecule has 0 amide bonds. The average Bonchev–Trinajstić information content (AvgIpc) is 3.24. The van der Waals surface area contributed by atoms with Crippen LogP contribution in [0.3, 0.4) is 0 Å². The second-order valence-corrected chi connectivity index (χ2v) is 7.22. The molecule has 1 N–H and O–H groups in total. The average molecular weight is 287 g/mol. The second kappa shape index (κ2) is 5.96. The Bertz CT molecular complexity index is 507. The van der Waals surface area contributed by atoms with Gasteiger partial charge in [-0.3, -0.25) is 0 Å². The van der Waals surface area contributed by atoms with Crippen molar-refractivity contribution in [1.82, 2.24) is 10.3 Å². The SMILES string of the molecule is Cc1cc(C)c(CNC2CC2)c(N2CC(C)CCC2C)n1. The Morgan fingerprint density at radius 2 is 1.95 bits per heavy atom. The van der Waals surface area contributed by atoms with Crippen molar-refractivity contribution in [2.24, 2.45) is 5.92 Å². The summed E-state index contributed by atoms with van der Waals surface area (Å²) in [6.07, 6.45) is 5.30. The molecule has 3 rings (SSSR count). The normalized spacial score (nSPS) is 26.2. The fraction of sp³-hybridized carbons (Fsp3) is 0.722. The molecule has 3 nitrogen and oxygen atoms in total. The van der Waals surface area contributed by atoms with Crippen molar-refractivity contribution in [2.75, 3.05) is 11.4 Å². The minimum atomic E-state index is 0.606. The van der Waals surface area contributed by atoms with E-state index in [1.54, 1.807) is 0 Å². The van der Waals surface area contributed by atoms with E-state index in [2.05, 4.69) is 44.0 Å². The number of aryl methyl sites for hydroxylation is 2. The number of nitrogens with zero attached hydrogens (tertiary/aromatic N) is 2. The Morgan fingerprint density at radius 1 is 1.19 bits per heavy atom. The van der Waals surface area contributed by atoms with Gasteiger partial charge in [0.2, 0.25) is 0 Å². The van der Waals surface area contributed by atoms with Gasteiger partial charge in [-0.1, -0.05) is 6.92 Å². The molecular formula is C18H29N3. The maximum absolute atomic E-state index is 4.93. The Labute approximate surface area is 129 Å². The van der Waals surface area contributed by atoms with E-state index in [-0.39, 0.29) is 0 Å². The number of pyridine rings is 1. The third kappa shape index (κ3) is 3.39. The van der Waals surface area contributed by atoms with Gasteiger partial charge in [-0.25, -0.2) is 4.98 Å². The molecule has 1 saturated carbocycles. The molecule has 0 radical (unpaired) electrons. The molecule has 1 aromatic heterocycles. The van der Waals surface area contributed by atoms with E-state index in [1.807, 2.05) is 0 Å². The quantitative estimate of drug-likeness (QED) is 0.917. The fourth-order valence-corrected chi connectivity index (χ4v) is 3.42. The first-order valence-corrected chi connectivity index (χ1v) is 8.51. The molecule has 1 aliphatic carbocycles. The molecule has 0 bridgehead atoms. The zero-order valence-corrected chi connectivity index (χ0v) is 13.9. The maximum atomic E-state index is 4.93. The lowest BCUT2D eigenvalue weighted by atomic mass is 9.94. The number of hydrogen-bond acceptors (Lipinski definition) is 3. The molecule has 21 heavy (non-hydrogen) atoms. The molecule has 2 heterocycles. The van der Waals surface area contributed by atoms with Gasteiger partial charge in [0.15, 0.2) is 0 Å². The van der Waals surface area contributed by atoms with Crippen LogP contribution in [0.1, 0.15) is 56.4 Å². The number of piperidine rings is 1. The van der Waals surface area contributed by atoms with E-state index in [9.17, 15) is 0 Å². The Morgan fingerprint density at radius 3 is 2.67 bits per heavy atom. The molecule has 2 unspecified atom stereocenters. The monoisotopic (exact) mass is 287 g/mol. The van der Waals surface area contributed by atoms with Crippen LogP contribution in [0.4, 0.5) is 5.82 Å². The van der Waals surface area contributed by atoms with Gasteiger partial charge in [0, 0.05) is 36.4 Å². The van der Waals surface area contributed by atoms with Crippen LogP contribution in [0.5, 0.6) is 0 Å². The van der Waals surface area contributed by atoms with Gasteiger partial charge in [-0.15, -0.1) is 0 Å². The molecule has 0 aromatic carbocycles. The molecule has 3 heteroatoms. The van der Waals surface area contributed by atoms with Gasteiger partial charge in [-0.05, 0) is 64.0 Å². The van der Waals surface area contributed by atoms with Crippen molar-refractivity contribution in [3.63, 3.8) is 0 Å². The number of hydrogen-bond donors (Lipinski definition) is 1. The summed E-state index contributed by atoms with van der Waals surface area (Å²) in [5, 5.41) is 3.67. The van der Waals surface area contributed by atoms with Crippen LogP contribution in [0.25, 0.3) is 0 Å². The first-order valence-electron chi connectivity index (χ1n) is 8.51. The summed E-state index contributed by atoms with van der Waals surface area (Å²) >= 11 is 0. The van der Waals surface area contributed by atoms with Crippen LogP contribution in [-0.4, -0.2) is 23.6 Å². The summed E-state index contributed by atoms with van der Waals surface area (Å²) in [7, 11) is 0. The van der Waals surface area contributed by atoms with E-state index in [4.69, 9.17) is 4.98 Å². The molecule has 2 atom stereocenters. The van der Waals surface area contributed by atoms with Crippen molar-refractivity contribution in [1.29, 1.82) is 0 Å². The van der Waals surface area contributed by atoms with Crippen molar-refractivity contribution >= 4 is 5.82 Å². The number of anilines is 1. The van der Waals surface area contributed by atoms with Crippen LogP contribution in [0, 0.1) is 19.8 Å². The molecule has 0 spiro atoms. The van der Waals surface area contributed by atoms with Crippen molar-refractivity contribution in [3.8, 4) is 0 Å². The van der Waals surface area contributed by atoms with Crippen molar-refractivity contribution in [3.05, 3.63) is 22.9 Å². The molecule has 1 saturated heterocycles. The lowest BCUT2D eigenvalue weighted by Crippen LogP contribution is -2.42. The van der Waals surface area contributed by atoms with Crippen molar-refractivity contribution < 1.29 is 0 Å². The van der Waals surface area contributed by atoms with Crippen LogP contribution >= 0.6 is 0 Å². The van der Waals surface area contributed by atoms with Crippen LogP contribution in [0.15, 0.2) is 6.07 Å². The van der Waals surface area contributed by atoms with Gasteiger partial charge < -0.3 is 10.2 Å². The van der Waals surface area contributed by atoms with Gasteiger partial charge in [-0.2, -0.15) is 0 Å². The third-order valence-corrected chi connectivity index (χ3v) is 4.99. The Balaban J connectivity index is 1.90. The standard InChI is InChI=1S/C18H29N3/c1-12-5-6-15(4)21(11-12)18-17(10-19-16-7-8-16)13(2)9-14(3)20-18/h9,12,15-16,19H,5-8,10-11H2,1-4H3. The summed E-state index contributed by atoms with van der Waals surface area (Å²) in [6.45, 7) is 11.2. The van der Waals surface area contributed by atoms with E-state index in [0.29, 0.717) is 6.04 Å². The summed E-state index contributed by atoms with van der Waals surface area (Å²) in [5.41, 5.74) is 3.94. The summed E-state index contributed by atoms with van der Waals surface area (Å²) in [4.78, 5) is 7.48. The molecule has 2 aliphatic rings. The Hall–Kier alpha value is -1.09. The van der Waals surface area contributed by atoms with E-state index >= 15 is 0 Å². The van der Waals surface area contributed by atoms with Crippen molar-refractivity contribution in [2.45, 2.75) is 72.0 Å². The highest BCUT2D eigenvalue weighted by atomic mass is 15.2. The number of nitrogens with one attached hydrogen (secondary N) is 1. The fourth-order valence-electron chi connectivity index (χ4n) is 3.42. The second-order valence-electron chi connectivity index (χ2n) is 7.22.